The molecule has 0 aromatic heterocycles. The molecule has 0 spiro atoms. The molecule has 1 saturated carbocycles. The Bertz CT molecular complexity index is 905. The number of hydrogen-bond acceptors (Lipinski definition) is 2. The molecule has 1 amide bonds. The Morgan fingerprint density at radius 3 is 2.39 bits per heavy atom. The summed E-state index contributed by atoms with van der Waals surface area (Å²) in [5, 5.41) is 7.01. The molecule has 164 valence electrons. The van der Waals surface area contributed by atoms with E-state index >= 15 is 0 Å². The van der Waals surface area contributed by atoms with Gasteiger partial charge in [-0.15, -0.1) is 0 Å². The molecule has 2 aromatic carbocycles. The number of carbonyl (C=O) groups excluding carboxylic acids is 1. The molecular formula is C26H34N4O. The Labute approximate surface area is 186 Å². The Hall–Kier alpha value is -2.82. The van der Waals surface area contributed by atoms with Crippen molar-refractivity contribution in [2.24, 2.45) is 4.99 Å². The number of benzene rings is 2. The summed E-state index contributed by atoms with van der Waals surface area (Å²) in [6.45, 7) is 5.97. The van der Waals surface area contributed by atoms with Crippen molar-refractivity contribution in [3.05, 3.63) is 71.3 Å². The van der Waals surface area contributed by atoms with E-state index in [9.17, 15) is 4.79 Å². The highest BCUT2D eigenvalue weighted by atomic mass is 16.2. The van der Waals surface area contributed by atoms with E-state index in [1.54, 1.807) is 0 Å². The van der Waals surface area contributed by atoms with Crippen LogP contribution < -0.4 is 10.6 Å². The molecule has 2 fully saturated rings. The van der Waals surface area contributed by atoms with Crippen LogP contribution in [0.5, 0.6) is 0 Å². The van der Waals surface area contributed by atoms with Crippen LogP contribution in [0, 0.1) is 0 Å². The predicted molar refractivity (Wildman–Crippen MR) is 126 cm³/mol. The topological polar surface area (TPSA) is 56.7 Å². The van der Waals surface area contributed by atoms with Gasteiger partial charge in [-0.1, -0.05) is 61.0 Å². The van der Waals surface area contributed by atoms with Crippen molar-refractivity contribution in [1.82, 2.24) is 15.5 Å². The second-order valence-electron chi connectivity index (χ2n) is 8.74. The van der Waals surface area contributed by atoms with E-state index in [-0.39, 0.29) is 11.3 Å². The zero-order valence-electron chi connectivity index (χ0n) is 18.6. The van der Waals surface area contributed by atoms with Crippen LogP contribution in [0.1, 0.15) is 55.7 Å². The number of carbonyl (C=O) groups is 1. The first-order chi connectivity index (χ1) is 15.2. The average Bonchev–Trinajstić information content (AvgIpc) is 3.17. The van der Waals surface area contributed by atoms with Crippen LogP contribution in [0.3, 0.4) is 0 Å². The van der Waals surface area contributed by atoms with Gasteiger partial charge in [-0.25, -0.2) is 4.99 Å². The smallest absolute Gasteiger partial charge is 0.222 e. The lowest BCUT2D eigenvalue weighted by molar-refractivity contribution is -0.128. The summed E-state index contributed by atoms with van der Waals surface area (Å²) in [5.41, 5.74) is 4.01. The van der Waals surface area contributed by atoms with Crippen LogP contribution in [0.15, 0.2) is 59.6 Å². The van der Waals surface area contributed by atoms with E-state index < -0.39 is 0 Å². The molecule has 0 unspecified atom stereocenters. The maximum absolute atomic E-state index is 12.0. The van der Waals surface area contributed by atoms with Crippen molar-refractivity contribution < 1.29 is 4.79 Å². The fraction of sp³-hybridized carbons (Fsp3) is 0.462. The van der Waals surface area contributed by atoms with Crippen molar-refractivity contribution >= 4 is 11.9 Å². The van der Waals surface area contributed by atoms with Gasteiger partial charge in [0.25, 0.3) is 0 Å². The maximum Gasteiger partial charge on any atom is 0.222 e. The minimum atomic E-state index is 0.214. The molecule has 1 aliphatic heterocycles. The Kier molecular flexibility index (Phi) is 6.90. The largest absolute Gasteiger partial charge is 0.357 e. The number of guanidine groups is 1. The minimum Gasteiger partial charge on any atom is -0.357 e. The average molecular weight is 419 g/mol. The second-order valence-corrected chi connectivity index (χ2v) is 8.74. The highest BCUT2D eigenvalue weighted by molar-refractivity contribution is 5.80. The SMILES string of the molecule is CCNC(=NCc1ccccc1CN1CCCC1=O)NCC1(c2ccccc2)CCC1. The Balaban J connectivity index is 1.43. The third-order valence-electron chi connectivity index (χ3n) is 6.69. The van der Waals surface area contributed by atoms with E-state index in [0.717, 1.165) is 32.0 Å². The summed E-state index contributed by atoms with van der Waals surface area (Å²) in [7, 11) is 0. The molecule has 4 rings (SSSR count). The van der Waals surface area contributed by atoms with Gasteiger partial charge < -0.3 is 15.5 Å². The molecule has 0 radical (unpaired) electrons. The van der Waals surface area contributed by atoms with Crippen molar-refractivity contribution in [3.8, 4) is 0 Å². The molecule has 0 atom stereocenters. The molecule has 2 aromatic rings. The summed E-state index contributed by atoms with van der Waals surface area (Å²) in [4.78, 5) is 18.9. The van der Waals surface area contributed by atoms with Gasteiger partial charge in [0.05, 0.1) is 6.54 Å². The zero-order valence-corrected chi connectivity index (χ0v) is 18.6. The first-order valence-electron chi connectivity index (χ1n) is 11.6. The van der Waals surface area contributed by atoms with Crippen LogP contribution in [0.2, 0.25) is 0 Å². The van der Waals surface area contributed by atoms with Gasteiger partial charge in [0.1, 0.15) is 0 Å². The number of nitrogens with zero attached hydrogens (tertiary/aromatic N) is 2. The Morgan fingerprint density at radius 2 is 1.74 bits per heavy atom. The summed E-state index contributed by atoms with van der Waals surface area (Å²) < 4.78 is 0. The third kappa shape index (κ3) is 5.09. The van der Waals surface area contributed by atoms with Crippen LogP contribution in [-0.2, 0) is 23.3 Å². The second kappa shape index (κ2) is 9.99. The van der Waals surface area contributed by atoms with Crippen LogP contribution in [0.25, 0.3) is 0 Å². The number of rotatable bonds is 8. The standard InChI is InChI=1S/C26H34N4O/c1-2-27-25(29-20-26(15-9-16-26)23-12-4-3-5-13-23)28-18-21-10-6-7-11-22(21)19-30-17-8-14-24(30)31/h3-7,10-13H,2,8-9,14-20H2,1H3,(H2,27,28,29). The maximum atomic E-state index is 12.0. The third-order valence-corrected chi connectivity index (χ3v) is 6.69. The van der Waals surface area contributed by atoms with Gasteiger partial charge in [-0.2, -0.15) is 0 Å². The fourth-order valence-corrected chi connectivity index (χ4v) is 4.66. The lowest BCUT2D eigenvalue weighted by Gasteiger charge is -2.43. The molecule has 2 N–H and O–H groups in total. The molecule has 5 heteroatoms. The van der Waals surface area contributed by atoms with E-state index in [1.807, 2.05) is 11.0 Å². The van der Waals surface area contributed by atoms with Gasteiger partial charge >= 0.3 is 0 Å². The predicted octanol–water partition coefficient (Wildman–Crippen LogP) is 3.99. The lowest BCUT2D eigenvalue weighted by Crippen LogP contribution is -2.48. The molecule has 1 aliphatic carbocycles. The molecule has 5 nitrogen and oxygen atoms in total. The monoisotopic (exact) mass is 418 g/mol. The molecule has 0 bridgehead atoms. The fourth-order valence-electron chi connectivity index (χ4n) is 4.66. The van der Waals surface area contributed by atoms with Gasteiger partial charge in [0.2, 0.25) is 5.91 Å². The van der Waals surface area contributed by atoms with E-state index in [4.69, 9.17) is 4.99 Å². The van der Waals surface area contributed by atoms with E-state index in [2.05, 4.69) is 66.1 Å². The first kappa shape index (κ1) is 21.4. The minimum absolute atomic E-state index is 0.214. The number of amides is 1. The number of nitrogens with one attached hydrogen (secondary N) is 2. The zero-order chi connectivity index (χ0) is 21.5. The molecule has 2 aliphatic rings. The van der Waals surface area contributed by atoms with Gasteiger partial charge in [0, 0.05) is 38.0 Å². The van der Waals surface area contributed by atoms with E-state index in [0.29, 0.717) is 19.5 Å². The highest BCUT2D eigenvalue weighted by Crippen LogP contribution is 2.43. The van der Waals surface area contributed by atoms with Crippen molar-refractivity contribution in [2.45, 2.75) is 57.5 Å². The summed E-state index contributed by atoms with van der Waals surface area (Å²) in [6, 6.07) is 19.2. The summed E-state index contributed by atoms with van der Waals surface area (Å²) in [6.07, 6.45) is 5.37. The molecule has 1 saturated heterocycles. The van der Waals surface area contributed by atoms with Gasteiger partial charge in [-0.3, -0.25) is 4.79 Å². The van der Waals surface area contributed by atoms with Crippen LogP contribution in [-0.4, -0.2) is 36.4 Å². The first-order valence-corrected chi connectivity index (χ1v) is 11.6. The summed E-state index contributed by atoms with van der Waals surface area (Å²) in [5.74, 6) is 1.12. The van der Waals surface area contributed by atoms with Crippen molar-refractivity contribution in [1.29, 1.82) is 0 Å². The van der Waals surface area contributed by atoms with Crippen LogP contribution >= 0.6 is 0 Å². The lowest BCUT2D eigenvalue weighted by atomic mass is 9.64. The van der Waals surface area contributed by atoms with Crippen molar-refractivity contribution in [3.63, 3.8) is 0 Å². The van der Waals surface area contributed by atoms with Gasteiger partial charge in [-0.05, 0) is 42.9 Å². The molecular weight excluding hydrogens is 384 g/mol. The molecule has 31 heavy (non-hydrogen) atoms. The molecule has 1 heterocycles. The van der Waals surface area contributed by atoms with Crippen LogP contribution in [0.4, 0.5) is 0 Å². The number of aliphatic imine (C=N–C) groups is 1. The van der Waals surface area contributed by atoms with Gasteiger partial charge in [0.15, 0.2) is 5.96 Å². The Morgan fingerprint density at radius 1 is 1.00 bits per heavy atom. The number of likely N-dealkylation sites (tertiary alicyclic amines) is 1. The summed E-state index contributed by atoms with van der Waals surface area (Å²) >= 11 is 0. The van der Waals surface area contributed by atoms with Crippen molar-refractivity contribution in [2.75, 3.05) is 19.6 Å². The quantitative estimate of drug-likeness (QED) is 0.504. The van der Waals surface area contributed by atoms with E-state index in [1.165, 1.54) is 36.0 Å². The number of hydrogen-bond donors (Lipinski definition) is 2. The highest BCUT2D eigenvalue weighted by Gasteiger charge is 2.38. The normalized spacial score (nSPS) is 18.0.